The van der Waals surface area contributed by atoms with Gasteiger partial charge in [0.05, 0.1) is 24.8 Å². The van der Waals surface area contributed by atoms with Gasteiger partial charge in [-0.1, -0.05) is 121 Å². The maximum atomic E-state index is 9.82. The Hall–Kier alpha value is -6.04. The second kappa shape index (κ2) is 27.1. The number of nitrogen functional groups attached to an aromatic ring is 2. The number of hydrogen-bond donors (Lipinski definition) is 5. The fourth-order valence-electron chi connectivity index (χ4n) is 10.3. The molecule has 4 aliphatic rings. The van der Waals surface area contributed by atoms with Gasteiger partial charge in [0, 0.05) is 115 Å². The minimum atomic E-state index is -0.234. The van der Waals surface area contributed by atoms with Crippen LogP contribution in [0.15, 0.2) is 95.2 Å². The number of benzene rings is 3. The summed E-state index contributed by atoms with van der Waals surface area (Å²) >= 11 is 0. The van der Waals surface area contributed by atoms with Crippen LogP contribution in [0.25, 0.3) is 0 Å². The van der Waals surface area contributed by atoms with Crippen LogP contribution in [0.3, 0.4) is 0 Å². The molecular weight excluding hydrogens is 937 g/mol. The van der Waals surface area contributed by atoms with Crippen molar-refractivity contribution < 1.29 is 10.2 Å². The summed E-state index contributed by atoms with van der Waals surface area (Å²) in [5.41, 5.74) is 27.4. The van der Waals surface area contributed by atoms with Crippen molar-refractivity contribution in [2.75, 3.05) is 113 Å². The summed E-state index contributed by atoms with van der Waals surface area (Å²) in [6, 6.07) is 26.5. The topological polar surface area (TPSA) is 211 Å². The molecule has 16 heteroatoms. The molecule has 3 aromatic carbocycles. The number of likely N-dealkylation sites (tertiary alicyclic amines) is 1. The zero-order valence-corrected chi connectivity index (χ0v) is 46.0. The first-order chi connectivity index (χ1) is 36.1. The van der Waals surface area contributed by atoms with E-state index < -0.39 is 0 Å². The molecule has 1 atom stereocenters. The van der Waals surface area contributed by atoms with Gasteiger partial charge in [0.1, 0.15) is 11.6 Å². The minimum Gasteiger partial charge on any atom is -0.395 e. The predicted octanol–water partition coefficient (Wildman–Crippen LogP) is 6.75. The first-order valence-electron chi connectivity index (χ1n) is 27.4. The van der Waals surface area contributed by atoms with E-state index in [4.69, 9.17) is 22.3 Å². The lowest BCUT2D eigenvalue weighted by atomic mass is 9.86. The molecule has 6 heterocycles. The van der Waals surface area contributed by atoms with E-state index in [-0.39, 0.29) is 18.2 Å². The number of anilines is 4. The summed E-state index contributed by atoms with van der Waals surface area (Å²) in [5, 5.41) is 18.9. The van der Waals surface area contributed by atoms with Crippen molar-refractivity contribution >= 4 is 35.7 Å². The number of nitrogens with two attached hydrogens (primary N) is 3. The number of aliphatic hydroxyl groups is 2. The maximum Gasteiger partial charge on any atom is 0.221 e. The Labute approximate surface area is 447 Å². The predicted molar refractivity (Wildman–Crippen MR) is 308 cm³/mol. The van der Waals surface area contributed by atoms with Gasteiger partial charge >= 0.3 is 0 Å². The quantitative estimate of drug-likeness (QED) is 0.0735. The zero-order valence-electron chi connectivity index (χ0n) is 46.0. The summed E-state index contributed by atoms with van der Waals surface area (Å²) in [5.74, 6) is 4.60. The van der Waals surface area contributed by atoms with Gasteiger partial charge < -0.3 is 42.1 Å². The summed E-state index contributed by atoms with van der Waals surface area (Å²) in [7, 11) is 0. The van der Waals surface area contributed by atoms with E-state index >= 15 is 0 Å². The van der Waals surface area contributed by atoms with Gasteiger partial charge in [-0.2, -0.15) is 9.97 Å². The van der Waals surface area contributed by atoms with E-state index in [0.29, 0.717) is 42.2 Å². The molecular formula is C59H86N14O2. The second-order valence-electron chi connectivity index (χ2n) is 21.6. The molecule has 9 rings (SSSR count). The molecule has 0 aliphatic carbocycles. The number of aliphatic hydroxyl groups excluding tert-OH is 2. The van der Waals surface area contributed by atoms with Crippen LogP contribution in [-0.4, -0.2) is 160 Å². The monoisotopic (exact) mass is 1020 g/mol. The van der Waals surface area contributed by atoms with Crippen molar-refractivity contribution in [3.05, 3.63) is 130 Å². The standard InChI is InChI=1S/C20H29N5O.C20H29N5.C19H28N4O/c1-15(2)17-5-3-16(4-6-17)13-18-14-22-20(21)23-19(18)25-9-7-24(8-10-25)11-12-26;1-4-24-9-11-25(12-10-24)19-18(14-22-20(21)23-19)13-16-5-7-17(8-6-16)15(2)3;1-14(2)16-5-3-15(4-6-16)11-19(12-21-18(20)22-13-19)23-9-7-17(24)8-10-23/h3-6,14-15,26H,7-13H2,1-2H3,(H2,21,22,23);5-8,14-15H,4,9-13H2,1-3H3,(H2,21,22,23);3-6,12,14,17,24H,7-11,13H2,1-2H3,(H2,20,22). The largest absolute Gasteiger partial charge is 0.395 e. The van der Waals surface area contributed by atoms with Crippen molar-refractivity contribution in [1.29, 1.82) is 0 Å². The SMILES string of the molecule is CC(C)c1ccc(CC2(N3CCC(O)CC3)C=NC(N)=NC2)cc1.CC(C)c1ccc(Cc2cnc(N)nc2N2CCN(CCO)CC2)cc1.CCN1CCN(c2nc(N)ncc2Cc2ccc(C(C)C)cc2)CC1. The normalized spacial score (nSPS) is 19.0. The van der Waals surface area contributed by atoms with E-state index in [0.717, 1.165) is 133 Å². The fraction of sp³-hybridized carbons (Fsp3) is 0.525. The number of likely N-dealkylation sites (N-methyl/N-ethyl adjacent to an activating group) is 1. The highest BCUT2D eigenvalue weighted by molar-refractivity contribution is 5.92. The van der Waals surface area contributed by atoms with Gasteiger partial charge in [-0.05, 0) is 76.9 Å². The third-order valence-electron chi connectivity index (χ3n) is 15.2. The van der Waals surface area contributed by atoms with E-state index in [1.165, 1.54) is 33.4 Å². The Balaban J connectivity index is 0.000000164. The molecule has 8 N–H and O–H groups in total. The highest BCUT2D eigenvalue weighted by Gasteiger charge is 2.39. The Morgan fingerprint density at radius 3 is 1.40 bits per heavy atom. The van der Waals surface area contributed by atoms with Crippen LogP contribution < -0.4 is 27.0 Å². The number of piperidine rings is 1. The molecule has 5 aromatic rings. The van der Waals surface area contributed by atoms with Crippen LogP contribution in [-0.2, 0) is 19.3 Å². The van der Waals surface area contributed by atoms with Crippen molar-refractivity contribution in [2.24, 2.45) is 15.7 Å². The third kappa shape index (κ3) is 16.0. The van der Waals surface area contributed by atoms with Crippen LogP contribution >= 0.6 is 0 Å². The van der Waals surface area contributed by atoms with Crippen LogP contribution in [0.4, 0.5) is 23.5 Å². The van der Waals surface area contributed by atoms with Gasteiger partial charge in [0.15, 0.2) is 0 Å². The van der Waals surface area contributed by atoms with Gasteiger partial charge in [-0.25, -0.2) is 20.0 Å². The molecule has 75 heavy (non-hydrogen) atoms. The lowest BCUT2D eigenvalue weighted by Gasteiger charge is -2.44. The number of aliphatic imine (C=N–C) groups is 2. The molecule has 0 saturated carbocycles. The Morgan fingerprint density at radius 1 is 0.587 bits per heavy atom. The van der Waals surface area contributed by atoms with E-state index in [1.807, 2.05) is 18.6 Å². The molecule has 4 aliphatic heterocycles. The van der Waals surface area contributed by atoms with Crippen molar-refractivity contribution in [2.45, 2.75) is 110 Å². The van der Waals surface area contributed by atoms with Crippen LogP contribution in [0.1, 0.15) is 124 Å². The molecule has 0 spiro atoms. The van der Waals surface area contributed by atoms with Crippen LogP contribution in [0.2, 0.25) is 0 Å². The fourth-order valence-corrected chi connectivity index (χ4v) is 10.3. The van der Waals surface area contributed by atoms with Gasteiger partial charge in [0.2, 0.25) is 17.9 Å². The number of piperazine rings is 2. The van der Waals surface area contributed by atoms with Crippen LogP contribution in [0.5, 0.6) is 0 Å². The number of hydrogen-bond acceptors (Lipinski definition) is 16. The molecule has 3 fully saturated rings. The lowest BCUT2D eigenvalue weighted by Crippen LogP contribution is -2.58. The van der Waals surface area contributed by atoms with Crippen molar-refractivity contribution in [3.63, 3.8) is 0 Å². The highest BCUT2D eigenvalue weighted by Crippen LogP contribution is 2.29. The van der Waals surface area contributed by atoms with E-state index in [1.54, 1.807) is 0 Å². The number of β-amino-alcohol motifs (C(OH)–C–C–N with tert-alkyl or cyclic N) is 1. The van der Waals surface area contributed by atoms with E-state index in [2.05, 4.69) is 176 Å². The smallest absolute Gasteiger partial charge is 0.221 e. The first-order valence-corrected chi connectivity index (χ1v) is 27.4. The zero-order chi connectivity index (χ0) is 53.5. The molecule has 0 bridgehead atoms. The number of guanidine groups is 1. The molecule has 1 unspecified atom stereocenters. The molecule has 404 valence electrons. The van der Waals surface area contributed by atoms with Crippen LogP contribution in [0, 0.1) is 0 Å². The second-order valence-corrected chi connectivity index (χ2v) is 21.6. The first kappa shape index (κ1) is 56.7. The molecule has 2 aromatic heterocycles. The molecule has 3 saturated heterocycles. The number of aromatic nitrogens is 4. The third-order valence-corrected chi connectivity index (χ3v) is 15.2. The maximum absolute atomic E-state index is 9.82. The molecule has 0 radical (unpaired) electrons. The molecule has 0 amide bonds. The Kier molecular flexibility index (Phi) is 20.5. The summed E-state index contributed by atoms with van der Waals surface area (Å²) in [4.78, 5) is 38.1. The van der Waals surface area contributed by atoms with Crippen molar-refractivity contribution in [1.82, 2.24) is 34.6 Å². The average Bonchev–Trinajstić information content (AvgIpc) is 3.42. The number of nitrogens with zero attached hydrogens (tertiary/aromatic N) is 11. The summed E-state index contributed by atoms with van der Waals surface area (Å²) < 4.78 is 0. The average molecular weight is 1020 g/mol. The van der Waals surface area contributed by atoms with E-state index in [9.17, 15) is 5.11 Å². The van der Waals surface area contributed by atoms with Gasteiger partial charge in [0.25, 0.3) is 0 Å². The summed E-state index contributed by atoms with van der Waals surface area (Å²) in [6.45, 7) is 27.6. The highest BCUT2D eigenvalue weighted by atomic mass is 16.3. The summed E-state index contributed by atoms with van der Waals surface area (Å²) in [6.07, 6.45) is 9.65. The van der Waals surface area contributed by atoms with Gasteiger partial charge in [-0.3, -0.25) is 9.80 Å². The number of rotatable bonds is 15. The van der Waals surface area contributed by atoms with Gasteiger partial charge in [-0.15, -0.1) is 0 Å². The Morgan fingerprint density at radius 2 is 1.01 bits per heavy atom. The molecule has 16 nitrogen and oxygen atoms in total. The Bertz CT molecular complexity index is 2580. The van der Waals surface area contributed by atoms with Crippen molar-refractivity contribution in [3.8, 4) is 0 Å². The minimum absolute atomic E-state index is 0.183. The lowest BCUT2D eigenvalue weighted by molar-refractivity contribution is 0.0464.